The third kappa shape index (κ3) is 7.84. The highest BCUT2D eigenvalue weighted by molar-refractivity contribution is 8.16. The smallest absolute Gasteiger partial charge is 0.274 e. The highest BCUT2D eigenvalue weighted by Gasteiger charge is 2.10. The second-order valence-corrected chi connectivity index (χ2v) is 6.96. The molecule has 0 spiro atoms. The third-order valence-electron chi connectivity index (χ3n) is 3.80. The Morgan fingerprint density at radius 3 is 2.87 bits per heavy atom. The van der Waals surface area contributed by atoms with Crippen LogP contribution in [0, 0.1) is 5.82 Å². The third-order valence-corrected chi connectivity index (χ3v) is 4.58. The van der Waals surface area contributed by atoms with Gasteiger partial charge < -0.3 is 20.5 Å². The van der Waals surface area contributed by atoms with Gasteiger partial charge in [0.05, 0.1) is 12.8 Å². The number of allylic oxidation sites excluding steroid dienone is 1. The number of carbonyl (C=O) groups is 1. The molecule has 2 aromatic rings. The molecule has 30 heavy (non-hydrogen) atoms. The zero-order valence-electron chi connectivity index (χ0n) is 16.9. The van der Waals surface area contributed by atoms with Crippen LogP contribution in [0.4, 0.5) is 10.1 Å². The molecule has 0 saturated heterocycles. The van der Waals surface area contributed by atoms with Crippen LogP contribution >= 0.6 is 11.8 Å². The highest BCUT2D eigenvalue weighted by Crippen LogP contribution is 2.17. The average Bonchev–Trinajstić information content (AvgIpc) is 2.75. The highest BCUT2D eigenvalue weighted by atomic mass is 32.2. The van der Waals surface area contributed by atoms with Crippen molar-refractivity contribution < 1.29 is 18.7 Å². The Kier molecular flexibility index (Phi) is 9.82. The number of carbonyl (C=O) groups excluding carboxylic acids is 1. The number of hydrogen-bond donors (Lipinski definition) is 2. The number of ether oxygens (including phenoxy) is 2. The summed E-state index contributed by atoms with van der Waals surface area (Å²) < 4.78 is 24.4. The molecule has 0 atom stereocenters. The molecule has 1 heterocycles. The van der Waals surface area contributed by atoms with Crippen LogP contribution in [0.2, 0.25) is 0 Å². The number of pyridine rings is 1. The zero-order chi connectivity index (χ0) is 21.8. The second kappa shape index (κ2) is 12.6. The van der Waals surface area contributed by atoms with Crippen LogP contribution in [0.25, 0.3) is 0 Å². The predicted octanol–water partition coefficient (Wildman–Crippen LogP) is 3.62. The first-order chi connectivity index (χ1) is 14.5. The lowest BCUT2D eigenvalue weighted by Crippen LogP contribution is -2.14. The van der Waals surface area contributed by atoms with Crippen molar-refractivity contribution in [3.05, 3.63) is 65.1 Å². The van der Waals surface area contributed by atoms with Crippen LogP contribution in [0.1, 0.15) is 23.0 Å². The number of aliphatic imine (C=N–C) groups is 1. The van der Waals surface area contributed by atoms with Crippen LogP contribution in [0.3, 0.4) is 0 Å². The Balaban J connectivity index is 1.96. The molecule has 0 bridgehead atoms. The number of halogens is 1. The lowest BCUT2D eigenvalue weighted by Gasteiger charge is -2.09. The summed E-state index contributed by atoms with van der Waals surface area (Å²) in [6.45, 7) is 3.08. The monoisotopic (exact) mass is 432 g/mol. The van der Waals surface area contributed by atoms with E-state index in [4.69, 9.17) is 15.2 Å². The topological polar surface area (TPSA) is 98.8 Å². The first kappa shape index (κ1) is 23.4. The Morgan fingerprint density at radius 1 is 1.33 bits per heavy atom. The summed E-state index contributed by atoms with van der Waals surface area (Å²) in [6.07, 6.45) is 3.68. The lowest BCUT2D eigenvalue weighted by molar-refractivity contribution is 0.102. The molecule has 7 nitrogen and oxygen atoms in total. The molecule has 2 rings (SSSR count). The molecular weight excluding hydrogens is 407 g/mol. The Bertz CT molecular complexity index is 888. The molecular formula is C21H25FN4O3S. The molecule has 3 N–H and O–H groups in total. The lowest BCUT2D eigenvalue weighted by atomic mass is 10.1. The summed E-state index contributed by atoms with van der Waals surface area (Å²) in [6, 6.07) is 7.61. The predicted molar refractivity (Wildman–Crippen MR) is 119 cm³/mol. The maximum absolute atomic E-state index is 14.1. The van der Waals surface area contributed by atoms with Gasteiger partial charge in [-0.05, 0) is 54.6 Å². The molecule has 0 saturated carbocycles. The fourth-order valence-electron chi connectivity index (χ4n) is 2.34. The number of rotatable bonds is 10. The second-order valence-electron chi connectivity index (χ2n) is 6.04. The first-order valence-corrected chi connectivity index (χ1v) is 10.2. The van der Waals surface area contributed by atoms with Gasteiger partial charge in [0.15, 0.2) is 5.17 Å². The van der Waals surface area contributed by atoms with E-state index in [1.54, 1.807) is 25.3 Å². The van der Waals surface area contributed by atoms with Gasteiger partial charge in [-0.25, -0.2) is 9.37 Å². The van der Waals surface area contributed by atoms with Crippen molar-refractivity contribution in [2.75, 3.05) is 32.2 Å². The van der Waals surface area contributed by atoms with E-state index < -0.39 is 5.91 Å². The largest absolute Gasteiger partial charge is 0.490 e. The van der Waals surface area contributed by atoms with E-state index in [1.807, 2.05) is 18.4 Å². The van der Waals surface area contributed by atoms with Crippen molar-refractivity contribution in [2.24, 2.45) is 10.7 Å². The van der Waals surface area contributed by atoms with E-state index in [0.717, 1.165) is 0 Å². The quantitative estimate of drug-likeness (QED) is 0.338. The number of nitrogens with one attached hydrogen (secondary N) is 1. The van der Waals surface area contributed by atoms with Gasteiger partial charge in [-0.1, -0.05) is 17.8 Å². The number of benzene rings is 1. The van der Waals surface area contributed by atoms with Gasteiger partial charge in [-0.2, -0.15) is 0 Å². The SMILES string of the molecule is C/C=C\S/C(N)=N\CCc1cc(NC(=O)c2ccc(OCCOC)cn2)ccc1F. The number of nitrogens with zero attached hydrogens (tertiary/aromatic N) is 2. The molecule has 1 aromatic heterocycles. The van der Waals surface area contributed by atoms with E-state index >= 15 is 0 Å². The summed E-state index contributed by atoms with van der Waals surface area (Å²) >= 11 is 1.31. The number of nitrogens with two attached hydrogens (primary N) is 1. The molecule has 0 radical (unpaired) electrons. The van der Waals surface area contributed by atoms with Gasteiger partial charge in [0.25, 0.3) is 5.91 Å². The molecule has 0 aliphatic rings. The van der Waals surface area contributed by atoms with Gasteiger partial charge in [0.1, 0.15) is 23.9 Å². The Morgan fingerprint density at radius 2 is 2.17 bits per heavy atom. The van der Waals surface area contributed by atoms with Crippen LogP contribution in [-0.2, 0) is 11.2 Å². The number of amidine groups is 1. The van der Waals surface area contributed by atoms with E-state index in [2.05, 4.69) is 15.3 Å². The maximum Gasteiger partial charge on any atom is 0.274 e. The first-order valence-electron chi connectivity index (χ1n) is 9.28. The molecule has 0 aliphatic carbocycles. The number of amides is 1. The zero-order valence-corrected chi connectivity index (χ0v) is 17.7. The fourth-order valence-corrected chi connectivity index (χ4v) is 2.78. The summed E-state index contributed by atoms with van der Waals surface area (Å²) in [4.78, 5) is 20.7. The van der Waals surface area contributed by atoms with Crippen LogP contribution in [0.5, 0.6) is 5.75 Å². The minimum absolute atomic E-state index is 0.221. The molecule has 160 valence electrons. The van der Waals surface area contributed by atoms with Crippen LogP contribution < -0.4 is 15.8 Å². The minimum atomic E-state index is -0.402. The summed E-state index contributed by atoms with van der Waals surface area (Å²) in [7, 11) is 1.59. The molecule has 1 aromatic carbocycles. The van der Waals surface area contributed by atoms with Crippen molar-refractivity contribution in [1.29, 1.82) is 0 Å². The number of thioether (sulfide) groups is 1. The average molecular weight is 433 g/mol. The maximum atomic E-state index is 14.1. The number of methoxy groups -OCH3 is 1. The van der Waals surface area contributed by atoms with Gasteiger partial charge in [0.2, 0.25) is 0 Å². The minimum Gasteiger partial charge on any atom is -0.490 e. The van der Waals surface area contributed by atoms with E-state index in [-0.39, 0.29) is 11.5 Å². The fraction of sp³-hybridized carbons (Fsp3) is 0.286. The standard InChI is InChI=1S/C21H25FN4O3S/c1-3-12-30-21(23)24-9-8-15-13-16(4-6-18(15)22)26-20(27)19-7-5-17(14-25-19)29-11-10-28-2/h3-7,12-14H,8-11H2,1-2H3,(H2,23,24)(H,26,27)/b12-3-. The molecule has 0 unspecified atom stereocenters. The van der Waals surface area contributed by atoms with Gasteiger partial charge >= 0.3 is 0 Å². The van der Waals surface area contributed by atoms with Gasteiger partial charge in [-0.3, -0.25) is 9.79 Å². The molecule has 0 aliphatic heterocycles. The van der Waals surface area contributed by atoms with Gasteiger partial charge in [0, 0.05) is 19.3 Å². The van der Waals surface area contributed by atoms with Gasteiger partial charge in [-0.15, -0.1) is 0 Å². The van der Waals surface area contributed by atoms with Crippen LogP contribution in [-0.4, -0.2) is 42.9 Å². The number of aromatic nitrogens is 1. The van der Waals surface area contributed by atoms with E-state index in [0.29, 0.717) is 48.3 Å². The molecule has 1 amide bonds. The Labute approximate surface area is 179 Å². The van der Waals surface area contributed by atoms with Crippen LogP contribution in [0.15, 0.2) is 53.0 Å². The van der Waals surface area contributed by atoms with Crippen molar-refractivity contribution in [3.8, 4) is 5.75 Å². The summed E-state index contributed by atoms with van der Waals surface area (Å²) in [5, 5.41) is 4.96. The van der Waals surface area contributed by atoms with Crippen molar-refractivity contribution in [3.63, 3.8) is 0 Å². The summed E-state index contributed by atoms with van der Waals surface area (Å²) in [5.74, 6) is -0.223. The Hall–Kier alpha value is -2.91. The van der Waals surface area contributed by atoms with Crippen molar-refractivity contribution in [2.45, 2.75) is 13.3 Å². The van der Waals surface area contributed by atoms with E-state index in [9.17, 15) is 9.18 Å². The molecule has 9 heteroatoms. The molecule has 0 fully saturated rings. The number of anilines is 1. The summed E-state index contributed by atoms with van der Waals surface area (Å²) in [5.41, 5.74) is 6.89. The number of hydrogen-bond acceptors (Lipinski definition) is 6. The normalized spacial score (nSPS) is 11.6. The van der Waals surface area contributed by atoms with Crippen molar-refractivity contribution >= 4 is 28.5 Å². The van der Waals surface area contributed by atoms with Crippen molar-refractivity contribution in [1.82, 2.24) is 4.98 Å². The van der Waals surface area contributed by atoms with E-state index in [1.165, 1.54) is 30.1 Å².